The first-order chi connectivity index (χ1) is 10.0. The first kappa shape index (κ1) is 14.4. The number of hydrogen-bond acceptors (Lipinski definition) is 3. The van der Waals surface area contributed by atoms with E-state index in [1.54, 1.807) is 0 Å². The zero-order valence-corrected chi connectivity index (χ0v) is 14.2. The monoisotopic (exact) mass is 319 g/mol. The van der Waals surface area contributed by atoms with E-state index < -0.39 is 9.70 Å². The molecule has 0 bridgehead atoms. The second-order valence-corrected chi connectivity index (χ2v) is 7.72. The van der Waals surface area contributed by atoms with Crippen molar-refractivity contribution in [3.8, 4) is 0 Å². The number of nitrogens with zero attached hydrogens (tertiary/aromatic N) is 3. The molecule has 1 aliphatic heterocycles. The van der Waals surface area contributed by atoms with Crippen LogP contribution in [0.25, 0.3) is 0 Å². The van der Waals surface area contributed by atoms with Crippen LogP contribution in [0.1, 0.15) is 0 Å². The van der Waals surface area contributed by atoms with Gasteiger partial charge in [-0.1, -0.05) is 21.8 Å². The SMILES string of the molecule is CN(C)c1ccc2c(c1N(C)C)=Nc1ccccc1S=2Cl. The molecule has 0 aromatic heterocycles. The van der Waals surface area contributed by atoms with Gasteiger partial charge in [0.25, 0.3) is 0 Å². The van der Waals surface area contributed by atoms with Crippen LogP contribution in [0, 0.1) is 4.51 Å². The highest BCUT2D eigenvalue weighted by atomic mass is 35.7. The van der Waals surface area contributed by atoms with Crippen LogP contribution >= 0.6 is 20.4 Å². The molecule has 2 aromatic carbocycles. The molecule has 0 saturated carbocycles. The third kappa shape index (κ3) is 2.32. The number of benzene rings is 2. The summed E-state index contributed by atoms with van der Waals surface area (Å²) >= 11 is 0. The number of hydrogen-bond donors (Lipinski definition) is 0. The van der Waals surface area contributed by atoms with E-state index in [0.717, 1.165) is 31.8 Å². The van der Waals surface area contributed by atoms with E-state index in [-0.39, 0.29) is 0 Å². The molecular weight excluding hydrogens is 302 g/mol. The van der Waals surface area contributed by atoms with Crippen molar-refractivity contribution in [1.29, 1.82) is 0 Å². The minimum absolute atomic E-state index is 0.455. The van der Waals surface area contributed by atoms with Gasteiger partial charge in [-0.25, -0.2) is 4.99 Å². The van der Waals surface area contributed by atoms with Crippen LogP contribution in [0.4, 0.5) is 17.1 Å². The maximum absolute atomic E-state index is 6.72. The van der Waals surface area contributed by atoms with Crippen molar-refractivity contribution in [1.82, 2.24) is 0 Å². The van der Waals surface area contributed by atoms with Crippen molar-refractivity contribution in [2.45, 2.75) is 4.90 Å². The molecule has 21 heavy (non-hydrogen) atoms. The van der Waals surface area contributed by atoms with Gasteiger partial charge in [-0.2, -0.15) is 0 Å². The highest BCUT2D eigenvalue weighted by Gasteiger charge is 2.16. The number of rotatable bonds is 2. The molecule has 0 fully saturated rings. The number of anilines is 2. The molecule has 0 aliphatic carbocycles. The summed E-state index contributed by atoms with van der Waals surface area (Å²) in [5, 5.41) is 0.989. The largest absolute Gasteiger partial charge is 0.376 e. The predicted octanol–water partition coefficient (Wildman–Crippen LogP) is 3.82. The molecule has 3 rings (SSSR count). The molecule has 2 aromatic rings. The number of fused-ring (bicyclic) bond motifs is 2. The van der Waals surface area contributed by atoms with Gasteiger partial charge in [-0.05, 0) is 34.9 Å². The normalized spacial score (nSPS) is 15.8. The summed E-state index contributed by atoms with van der Waals surface area (Å²) < 4.78 is 1.10. The second kappa shape index (κ2) is 5.35. The fourth-order valence-electron chi connectivity index (χ4n) is 2.54. The Morgan fingerprint density at radius 3 is 2.33 bits per heavy atom. The third-order valence-corrected chi connectivity index (χ3v) is 5.95. The van der Waals surface area contributed by atoms with Gasteiger partial charge in [0.1, 0.15) is 5.36 Å². The van der Waals surface area contributed by atoms with Crippen LogP contribution in [0.3, 0.4) is 0 Å². The first-order valence-electron chi connectivity index (χ1n) is 6.73. The lowest BCUT2D eigenvalue weighted by molar-refractivity contribution is 1.05. The molecule has 5 heteroatoms. The van der Waals surface area contributed by atoms with Gasteiger partial charge < -0.3 is 9.80 Å². The molecule has 110 valence electrons. The van der Waals surface area contributed by atoms with Crippen LogP contribution < -0.4 is 15.2 Å². The summed E-state index contributed by atoms with van der Waals surface area (Å²) in [4.78, 5) is 10.2. The van der Waals surface area contributed by atoms with E-state index in [9.17, 15) is 0 Å². The van der Waals surface area contributed by atoms with E-state index in [0.29, 0.717) is 0 Å². The van der Waals surface area contributed by atoms with Crippen molar-refractivity contribution in [2.75, 3.05) is 38.0 Å². The number of para-hydroxylation sites is 1. The van der Waals surface area contributed by atoms with Gasteiger partial charge in [-0.3, -0.25) is 0 Å². The smallest absolute Gasteiger partial charge is 0.103 e. The van der Waals surface area contributed by atoms with E-state index in [1.165, 1.54) is 0 Å². The van der Waals surface area contributed by atoms with E-state index in [4.69, 9.17) is 15.7 Å². The van der Waals surface area contributed by atoms with Gasteiger partial charge >= 0.3 is 0 Å². The zero-order valence-electron chi connectivity index (χ0n) is 12.6. The molecule has 0 spiro atoms. The molecule has 0 radical (unpaired) electrons. The number of halogens is 1. The van der Waals surface area contributed by atoms with Gasteiger partial charge in [0.2, 0.25) is 0 Å². The average Bonchev–Trinajstić information content (AvgIpc) is 2.46. The lowest BCUT2D eigenvalue weighted by atomic mass is 10.2. The highest BCUT2D eigenvalue weighted by molar-refractivity contribution is 8.29. The van der Waals surface area contributed by atoms with E-state index in [1.807, 2.05) is 46.4 Å². The molecule has 1 heterocycles. The predicted molar refractivity (Wildman–Crippen MR) is 92.9 cm³/mol. The Hall–Kier alpha value is -1.52. The summed E-state index contributed by atoms with van der Waals surface area (Å²) in [6.07, 6.45) is 0. The van der Waals surface area contributed by atoms with Gasteiger partial charge in [0, 0.05) is 37.6 Å². The van der Waals surface area contributed by atoms with Crippen LogP contribution in [-0.4, -0.2) is 28.2 Å². The molecular formula is C16H18ClN3S. The molecule has 3 nitrogen and oxygen atoms in total. The van der Waals surface area contributed by atoms with Crippen LogP contribution in [-0.2, 0) is 0 Å². The van der Waals surface area contributed by atoms with Crippen molar-refractivity contribution in [3.63, 3.8) is 0 Å². The molecule has 1 atom stereocenters. The Kier molecular flexibility index (Phi) is 3.68. The maximum atomic E-state index is 6.72. The average molecular weight is 320 g/mol. The van der Waals surface area contributed by atoms with Crippen molar-refractivity contribution in [2.24, 2.45) is 4.99 Å². The summed E-state index contributed by atoms with van der Waals surface area (Å²) in [5.41, 5.74) is 3.24. The fourth-order valence-corrected chi connectivity index (χ4v) is 4.54. The quantitative estimate of drug-likeness (QED) is 0.784. The maximum Gasteiger partial charge on any atom is 0.103 e. The highest BCUT2D eigenvalue weighted by Crippen LogP contribution is 2.43. The van der Waals surface area contributed by atoms with Crippen molar-refractivity contribution >= 4 is 37.4 Å². The Bertz CT molecular complexity index is 828. The summed E-state index contributed by atoms with van der Waals surface area (Å²) in [6, 6.07) is 12.3. The van der Waals surface area contributed by atoms with Crippen molar-refractivity contribution < 1.29 is 0 Å². The minimum atomic E-state index is -0.455. The van der Waals surface area contributed by atoms with Crippen LogP contribution in [0.5, 0.6) is 0 Å². The van der Waals surface area contributed by atoms with Crippen LogP contribution in [0.15, 0.2) is 46.3 Å². The van der Waals surface area contributed by atoms with Gasteiger partial charge in [-0.15, -0.1) is 0 Å². The zero-order chi connectivity index (χ0) is 15.1. The van der Waals surface area contributed by atoms with Gasteiger partial charge in [0.15, 0.2) is 0 Å². The Morgan fingerprint density at radius 1 is 0.952 bits per heavy atom. The lowest BCUT2D eigenvalue weighted by Crippen LogP contribution is -2.25. The van der Waals surface area contributed by atoms with Crippen molar-refractivity contribution in [3.05, 3.63) is 46.3 Å². The van der Waals surface area contributed by atoms with E-state index >= 15 is 0 Å². The Morgan fingerprint density at radius 2 is 1.67 bits per heavy atom. The minimum Gasteiger partial charge on any atom is -0.376 e. The lowest BCUT2D eigenvalue weighted by Gasteiger charge is -2.24. The van der Waals surface area contributed by atoms with Gasteiger partial charge in [0.05, 0.1) is 17.1 Å². The summed E-state index contributed by atoms with van der Waals surface area (Å²) in [6.45, 7) is 0. The third-order valence-electron chi connectivity index (χ3n) is 3.51. The molecule has 0 saturated heterocycles. The molecule has 1 aliphatic rings. The van der Waals surface area contributed by atoms with E-state index in [2.05, 4.69) is 28.0 Å². The fraction of sp³-hybridized carbons (Fsp3) is 0.250. The Balaban J connectivity index is 2.45. The molecule has 0 N–H and O–H groups in total. The molecule has 0 amide bonds. The summed E-state index contributed by atoms with van der Waals surface area (Å²) in [7, 11) is 14.5. The first-order valence-corrected chi connectivity index (χ1v) is 8.78. The Labute approximate surface area is 131 Å². The topological polar surface area (TPSA) is 18.8 Å². The summed E-state index contributed by atoms with van der Waals surface area (Å²) in [5.74, 6) is 0. The standard InChI is InChI=1S/C16H18ClN3S/c1-19(2)12-9-10-14-15(16(12)20(3)4)18-11-7-5-6-8-13(11)21(14)17/h5-10H,1-4H3. The second-order valence-electron chi connectivity index (χ2n) is 5.40. The van der Waals surface area contributed by atoms with Crippen LogP contribution in [0.2, 0.25) is 0 Å². The molecule has 1 unspecified atom stereocenters.